The first-order valence-corrected chi connectivity index (χ1v) is 6.00. The molecule has 0 saturated carbocycles. The second-order valence-corrected chi connectivity index (χ2v) is 4.42. The molecule has 6 N–H and O–H groups in total. The summed E-state index contributed by atoms with van der Waals surface area (Å²) in [5.74, 6) is -1.26. The Hall–Kier alpha value is -2.64. The molecule has 2 aromatic rings. The molecule has 7 heteroatoms. The predicted molar refractivity (Wildman–Crippen MR) is 78.3 cm³/mol. The molecule has 0 heterocycles. The Kier molecular flexibility index (Phi) is 4.06. The second-order valence-electron chi connectivity index (χ2n) is 4.42. The summed E-state index contributed by atoms with van der Waals surface area (Å²) in [7, 11) is -1.80. The molecule has 0 amide bonds. The number of benzene rings is 2. The van der Waals surface area contributed by atoms with Crippen molar-refractivity contribution >= 4 is 24.7 Å². The minimum atomic E-state index is -1.80. The van der Waals surface area contributed by atoms with Gasteiger partial charge in [-0.25, -0.2) is 0 Å². The van der Waals surface area contributed by atoms with Crippen LogP contribution in [0, 0.1) is 0 Å². The molecule has 0 bridgehead atoms. The highest BCUT2D eigenvalue weighted by atomic mass is 16.4. The van der Waals surface area contributed by atoms with Crippen LogP contribution < -0.4 is 5.46 Å². The molecule has 2 rings (SSSR count). The first-order chi connectivity index (χ1) is 9.88. The fourth-order valence-corrected chi connectivity index (χ4v) is 1.78. The largest absolute Gasteiger partial charge is 0.508 e. The summed E-state index contributed by atoms with van der Waals surface area (Å²) in [6, 6.07) is 6.41. The molecule has 6 nitrogen and oxygen atoms in total. The summed E-state index contributed by atoms with van der Waals surface area (Å²) >= 11 is 0. The van der Waals surface area contributed by atoms with Crippen LogP contribution >= 0.6 is 0 Å². The lowest BCUT2D eigenvalue weighted by molar-refractivity contribution is 0.396. The van der Waals surface area contributed by atoms with Gasteiger partial charge >= 0.3 is 7.12 Å². The Morgan fingerprint density at radius 3 is 2.05 bits per heavy atom. The SMILES string of the molecule is OB(O)c1cc(/C=C/c2cc(O)c(O)cc2O)ccc1O. The normalized spacial score (nSPS) is 11.0. The average Bonchev–Trinajstić information content (AvgIpc) is 2.42. The predicted octanol–water partition coefficient (Wildman–Crippen LogP) is 0.359. The molecule has 0 fully saturated rings. The summed E-state index contributed by atoms with van der Waals surface area (Å²) in [4.78, 5) is 0. The zero-order valence-corrected chi connectivity index (χ0v) is 10.8. The standard InChI is InChI=1S/C14H13BO6/c16-11-4-2-8(5-10(11)15(20)21)1-3-9-6-13(18)14(19)7-12(9)17/h1-7,16-21H/b3-1+. The van der Waals surface area contributed by atoms with Crippen LogP contribution in [0.25, 0.3) is 12.2 Å². The molecule has 0 aliphatic carbocycles. The Morgan fingerprint density at radius 2 is 1.38 bits per heavy atom. The van der Waals surface area contributed by atoms with Gasteiger partial charge in [-0.15, -0.1) is 0 Å². The van der Waals surface area contributed by atoms with E-state index in [1.807, 2.05) is 0 Å². The molecule has 0 atom stereocenters. The quantitative estimate of drug-likeness (QED) is 0.210. The zero-order valence-electron chi connectivity index (χ0n) is 10.8. The summed E-state index contributed by atoms with van der Waals surface area (Å²) in [6.45, 7) is 0. The van der Waals surface area contributed by atoms with Crippen LogP contribution in [-0.4, -0.2) is 37.6 Å². The van der Waals surface area contributed by atoms with Crippen LogP contribution in [0.4, 0.5) is 0 Å². The molecule has 0 unspecified atom stereocenters. The smallest absolute Gasteiger partial charge is 0.492 e. The van der Waals surface area contributed by atoms with E-state index in [0.717, 1.165) is 6.07 Å². The molecule has 0 radical (unpaired) electrons. The van der Waals surface area contributed by atoms with Crippen molar-refractivity contribution in [2.24, 2.45) is 0 Å². The van der Waals surface area contributed by atoms with Gasteiger partial charge in [0.15, 0.2) is 11.5 Å². The number of phenolic OH excluding ortho intramolecular Hbond substituents is 4. The molecule has 0 saturated heterocycles. The van der Waals surface area contributed by atoms with Crippen LogP contribution in [0.2, 0.25) is 0 Å². The van der Waals surface area contributed by atoms with Gasteiger partial charge < -0.3 is 30.5 Å². The van der Waals surface area contributed by atoms with Gasteiger partial charge in [-0.1, -0.05) is 24.3 Å². The monoisotopic (exact) mass is 288 g/mol. The fourth-order valence-electron chi connectivity index (χ4n) is 1.78. The Bertz CT molecular complexity index is 696. The molecule has 21 heavy (non-hydrogen) atoms. The van der Waals surface area contributed by atoms with E-state index in [1.165, 1.54) is 36.4 Å². The lowest BCUT2D eigenvalue weighted by Gasteiger charge is -2.05. The molecule has 0 aliphatic heterocycles. The number of rotatable bonds is 3. The van der Waals surface area contributed by atoms with E-state index in [1.54, 1.807) is 0 Å². The van der Waals surface area contributed by atoms with Gasteiger partial charge in [0.1, 0.15) is 11.5 Å². The van der Waals surface area contributed by atoms with Crippen LogP contribution in [0.1, 0.15) is 11.1 Å². The van der Waals surface area contributed by atoms with E-state index in [4.69, 9.17) is 10.0 Å². The molecule has 2 aromatic carbocycles. The third-order valence-corrected chi connectivity index (χ3v) is 2.91. The van der Waals surface area contributed by atoms with Crippen LogP contribution in [-0.2, 0) is 0 Å². The molecule has 0 aromatic heterocycles. The van der Waals surface area contributed by atoms with Crippen molar-refractivity contribution in [2.75, 3.05) is 0 Å². The lowest BCUT2D eigenvalue weighted by Crippen LogP contribution is -2.30. The van der Waals surface area contributed by atoms with Crippen molar-refractivity contribution in [1.82, 2.24) is 0 Å². The molecular formula is C14H13BO6. The summed E-state index contributed by atoms with van der Waals surface area (Å²) in [5.41, 5.74) is 0.766. The highest BCUT2D eigenvalue weighted by Gasteiger charge is 2.15. The lowest BCUT2D eigenvalue weighted by atomic mass is 9.79. The fraction of sp³-hybridized carbons (Fsp3) is 0. The van der Waals surface area contributed by atoms with E-state index >= 15 is 0 Å². The number of phenols is 4. The van der Waals surface area contributed by atoms with Gasteiger partial charge in [0.05, 0.1) is 0 Å². The Labute approximate surface area is 120 Å². The van der Waals surface area contributed by atoms with Gasteiger partial charge in [-0.3, -0.25) is 0 Å². The maximum absolute atomic E-state index is 9.64. The number of hydrogen-bond donors (Lipinski definition) is 6. The van der Waals surface area contributed by atoms with Gasteiger partial charge in [0.25, 0.3) is 0 Å². The Balaban J connectivity index is 2.34. The van der Waals surface area contributed by atoms with Crippen molar-refractivity contribution in [3.05, 3.63) is 41.5 Å². The summed E-state index contributed by atoms with van der Waals surface area (Å²) < 4.78 is 0. The molecular weight excluding hydrogens is 275 g/mol. The highest BCUT2D eigenvalue weighted by molar-refractivity contribution is 6.59. The summed E-state index contributed by atoms with van der Waals surface area (Å²) in [6.07, 6.45) is 3.01. The van der Waals surface area contributed by atoms with Crippen LogP contribution in [0.5, 0.6) is 23.0 Å². The molecule has 0 spiro atoms. The topological polar surface area (TPSA) is 121 Å². The van der Waals surface area contributed by atoms with E-state index in [0.29, 0.717) is 5.56 Å². The molecule has 0 aliphatic rings. The van der Waals surface area contributed by atoms with Crippen molar-refractivity contribution < 1.29 is 30.5 Å². The third-order valence-electron chi connectivity index (χ3n) is 2.91. The van der Waals surface area contributed by atoms with Crippen molar-refractivity contribution in [3.8, 4) is 23.0 Å². The van der Waals surface area contributed by atoms with Crippen molar-refractivity contribution in [3.63, 3.8) is 0 Å². The number of hydrogen-bond acceptors (Lipinski definition) is 6. The van der Waals surface area contributed by atoms with Gasteiger partial charge in [0.2, 0.25) is 0 Å². The molecule has 108 valence electrons. The van der Waals surface area contributed by atoms with Crippen LogP contribution in [0.15, 0.2) is 30.3 Å². The van der Waals surface area contributed by atoms with Gasteiger partial charge in [-0.05, 0) is 17.7 Å². The minimum Gasteiger partial charge on any atom is -0.508 e. The van der Waals surface area contributed by atoms with E-state index in [-0.39, 0.29) is 28.3 Å². The van der Waals surface area contributed by atoms with Gasteiger partial charge in [0, 0.05) is 17.1 Å². The first-order valence-electron chi connectivity index (χ1n) is 6.00. The zero-order chi connectivity index (χ0) is 15.6. The van der Waals surface area contributed by atoms with E-state index in [9.17, 15) is 20.4 Å². The third kappa shape index (κ3) is 3.28. The van der Waals surface area contributed by atoms with Crippen molar-refractivity contribution in [1.29, 1.82) is 0 Å². The number of aromatic hydroxyl groups is 4. The van der Waals surface area contributed by atoms with Gasteiger partial charge in [-0.2, -0.15) is 0 Å². The van der Waals surface area contributed by atoms with E-state index in [2.05, 4.69) is 0 Å². The summed E-state index contributed by atoms with van der Waals surface area (Å²) in [5, 5.41) is 55.9. The first kappa shape index (κ1) is 14.8. The van der Waals surface area contributed by atoms with Crippen molar-refractivity contribution in [2.45, 2.75) is 0 Å². The Morgan fingerprint density at radius 1 is 0.714 bits per heavy atom. The average molecular weight is 288 g/mol. The second kappa shape index (κ2) is 5.78. The minimum absolute atomic E-state index is 0.0464. The van der Waals surface area contributed by atoms with Crippen LogP contribution in [0.3, 0.4) is 0 Å². The maximum Gasteiger partial charge on any atom is 0.492 e. The highest BCUT2D eigenvalue weighted by Crippen LogP contribution is 2.33. The van der Waals surface area contributed by atoms with E-state index < -0.39 is 12.9 Å². The maximum atomic E-state index is 9.64.